The highest BCUT2D eigenvalue weighted by molar-refractivity contribution is 5.97. The zero-order chi connectivity index (χ0) is 59.7. The van der Waals surface area contributed by atoms with E-state index in [2.05, 4.69) is 13.8 Å². The Morgan fingerprint density at radius 3 is 1.01 bits per heavy atom. The van der Waals surface area contributed by atoms with Crippen LogP contribution in [-0.4, -0.2) is 37.1 Å². The standard InChI is InChI=1S/C72H86F2O10/c1-5-7-9-11-13-15-17-19-21-23-25-27-45-79-61-37-29-55(30-38-61)47-53(3)69(75)83-67-43-35-58(51-65(67)73)71(77)81-63-41-33-57-34-42-64(50-60(57)49-63)82-72(78)59-36-44-68(66(74)52-59)84-70(76)54(4)48-56-31-39-62(40-32-56)80-46-28-26-24-22-20-18-16-14-12-10-8-6-2/h29-44,47-52H,5-28,45-46H2,1-4H3. The third kappa shape index (κ3) is 23.6. The van der Waals surface area contributed by atoms with Crippen molar-refractivity contribution in [1.82, 2.24) is 0 Å². The van der Waals surface area contributed by atoms with E-state index in [9.17, 15) is 19.2 Å². The Balaban J connectivity index is 0.899. The summed E-state index contributed by atoms with van der Waals surface area (Å²) in [6.07, 6.45) is 34.0. The summed E-state index contributed by atoms with van der Waals surface area (Å²) >= 11 is 0. The molecule has 0 fully saturated rings. The molecule has 12 heteroatoms. The SMILES string of the molecule is CCCCCCCCCCCCCCOc1ccc(C=C(C)C(=O)Oc2ccc(C(=O)Oc3ccc4ccc(OC(=O)c5ccc(OC(=O)C(C)=Cc6ccc(OCCCCCCCCCCCCCC)cc6)c(F)c5)cc4c3)cc2F)cc1. The predicted molar refractivity (Wildman–Crippen MR) is 331 cm³/mol. The zero-order valence-corrected chi connectivity index (χ0v) is 49.9. The van der Waals surface area contributed by atoms with Gasteiger partial charge in [-0.25, -0.2) is 28.0 Å². The molecule has 448 valence electrons. The summed E-state index contributed by atoms with van der Waals surface area (Å²) in [6.45, 7) is 8.93. The summed E-state index contributed by atoms with van der Waals surface area (Å²) in [5, 5.41) is 1.25. The minimum atomic E-state index is -0.938. The molecule has 0 saturated carbocycles. The van der Waals surface area contributed by atoms with Crippen molar-refractivity contribution in [2.75, 3.05) is 13.2 Å². The Labute approximate surface area is 496 Å². The topological polar surface area (TPSA) is 124 Å². The molecule has 0 heterocycles. The van der Waals surface area contributed by atoms with Crippen molar-refractivity contribution in [2.24, 2.45) is 0 Å². The second-order valence-corrected chi connectivity index (χ2v) is 21.8. The number of unbranched alkanes of at least 4 members (excludes halogenated alkanes) is 22. The molecule has 10 nitrogen and oxygen atoms in total. The summed E-state index contributed by atoms with van der Waals surface area (Å²) in [4.78, 5) is 52.3. The monoisotopic (exact) mass is 1150 g/mol. The van der Waals surface area contributed by atoms with Gasteiger partial charge in [0.15, 0.2) is 23.1 Å². The van der Waals surface area contributed by atoms with E-state index in [4.69, 9.17) is 28.4 Å². The van der Waals surface area contributed by atoms with Crippen LogP contribution in [0.15, 0.2) is 132 Å². The summed E-state index contributed by atoms with van der Waals surface area (Å²) in [5.41, 5.74) is 1.71. The fourth-order valence-corrected chi connectivity index (χ4v) is 9.65. The number of hydrogen-bond donors (Lipinski definition) is 0. The maximum Gasteiger partial charge on any atom is 0.343 e. The first-order valence-corrected chi connectivity index (χ1v) is 30.7. The molecule has 0 atom stereocenters. The van der Waals surface area contributed by atoms with Crippen molar-refractivity contribution in [3.8, 4) is 34.5 Å². The Morgan fingerprint density at radius 1 is 0.357 bits per heavy atom. The molecule has 0 amide bonds. The van der Waals surface area contributed by atoms with Gasteiger partial charge in [-0.15, -0.1) is 0 Å². The van der Waals surface area contributed by atoms with Gasteiger partial charge in [0.25, 0.3) is 0 Å². The van der Waals surface area contributed by atoms with Crippen molar-refractivity contribution in [2.45, 2.75) is 182 Å². The number of fused-ring (bicyclic) bond motifs is 1. The van der Waals surface area contributed by atoms with Gasteiger partial charge in [0.2, 0.25) is 0 Å². The van der Waals surface area contributed by atoms with Crippen molar-refractivity contribution in [3.05, 3.63) is 166 Å². The van der Waals surface area contributed by atoms with Gasteiger partial charge in [0, 0.05) is 11.1 Å². The molecule has 0 aliphatic carbocycles. The summed E-state index contributed by atoms with van der Waals surface area (Å²) in [6, 6.07) is 31.1. The quantitative estimate of drug-likeness (QED) is 0.0160. The van der Waals surface area contributed by atoms with Crippen LogP contribution >= 0.6 is 0 Å². The van der Waals surface area contributed by atoms with Crippen molar-refractivity contribution in [3.63, 3.8) is 0 Å². The Morgan fingerprint density at radius 2 is 0.679 bits per heavy atom. The number of halogens is 2. The van der Waals surface area contributed by atoms with Gasteiger partial charge in [0.1, 0.15) is 23.0 Å². The normalized spacial score (nSPS) is 11.6. The minimum Gasteiger partial charge on any atom is -0.494 e. The van der Waals surface area contributed by atoms with E-state index in [0.29, 0.717) is 18.6 Å². The lowest BCUT2D eigenvalue weighted by Crippen LogP contribution is -2.12. The van der Waals surface area contributed by atoms with E-state index >= 15 is 8.78 Å². The zero-order valence-electron chi connectivity index (χ0n) is 49.9. The van der Waals surface area contributed by atoms with Crippen molar-refractivity contribution >= 4 is 46.8 Å². The first kappa shape index (κ1) is 65.6. The highest BCUT2D eigenvalue weighted by atomic mass is 19.1. The molecule has 0 aromatic heterocycles. The summed E-state index contributed by atoms with van der Waals surface area (Å²) in [5.74, 6) is -4.13. The number of esters is 4. The molecule has 84 heavy (non-hydrogen) atoms. The maximum absolute atomic E-state index is 15.3. The molecule has 0 unspecified atom stereocenters. The second kappa shape index (κ2) is 36.9. The smallest absolute Gasteiger partial charge is 0.343 e. The van der Waals surface area contributed by atoms with Crippen molar-refractivity contribution < 1.29 is 56.4 Å². The van der Waals surface area contributed by atoms with Crippen LogP contribution in [0.3, 0.4) is 0 Å². The van der Waals surface area contributed by atoms with Crippen molar-refractivity contribution in [1.29, 1.82) is 0 Å². The van der Waals surface area contributed by atoms with Crippen LogP contribution in [0.4, 0.5) is 8.78 Å². The first-order valence-electron chi connectivity index (χ1n) is 30.7. The van der Waals surface area contributed by atoms with E-state index in [-0.39, 0.29) is 45.3 Å². The van der Waals surface area contributed by atoms with Gasteiger partial charge in [-0.2, -0.15) is 0 Å². The number of benzene rings is 6. The molecule has 0 saturated heterocycles. The predicted octanol–water partition coefficient (Wildman–Crippen LogP) is 19.7. The molecular formula is C72H86F2O10. The van der Waals surface area contributed by atoms with Gasteiger partial charge in [-0.3, -0.25) is 0 Å². The largest absolute Gasteiger partial charge is 0.494 e. The average molecular weight is 1150 g/mol. The Bertz CT molecular complexity index is 2870. The van der Waals surface area contributed by atoms with E-state index in [1.165, 1.54) is 165 Å². The van der Waals surface area contributed by atoms with E-state index in [1.54, 1.807) is 50.3 Å². The average Bonchev–Trinajstić information content (AvgIpc) is 3.69. The van der Waals surface area contributed by atoms with E-state index < -0.39 is 35.5 Å². The molecule has 0 N–H and O–H groups in total. The van der Waals surface area contributed by atoms with E-state index in [1.807, 2.05) is 48.5 Å². The second-order valence-electron chi connectivity index (χ2n) is 21.8. The van der Waals surface area contributed by atoms with Crippen LogP contribution in [0.1, 0.15) is 214 Å². The number of hydrogen-bond acceptors (Lipinski definition) is 10. The molecule has 0 bridgehead atoms. The van der Waals surface area contributed by atoms with Gasteiger partial charge in [-0.1, -0.05) is 192 Å². The fraction of sp³-hybridized carbons (Fsp3) is 0.417. The van der Waals surface area contributed by atoms with E-state index in [0.717, 1.165) is 65.8 Å². The molecule has 0 spiro atoms. The first-order chi connectivity index (χ1) is 40.9. The van der Waals surface area contributed by atoms with Crippen LogP contribution in [-0.2, 0) is 9.59 Å². The van der Waals surface area contributed by atoms with Crippen LogP contribution < -0.4 is 28.4 Å². The lowest BCUT2D eigenvalue weighted by atomic mass is 10.1. The third-order valence-corrected chi connectivity index (χ3v) is 14.6. The number of carbonyl (C=O) groups excluding carboxylic acids is 4. The highest BCUT2D eigenvalue weighted by Crippen LogP contribution is 2.29. The number of carbonyl (C=O) groups is 4. The Hall–Kier alpha value is -7.60. The van der Waals surface area contributed by atoms with Gasteiger partial charge in [0.05, 0.1) is 24.3 Å². The van der Waals surface area contributed by atoms with Crippen LogP contribution in [0.5, 0.6) is 34.5 Å². The van der Waals surface area contributed by atoms with Gasteiger partial charge < -0.3 is 28.4 Å². The van der Waals surface area contributed by atoms with Crippen LogP contribution in [0, 0.1) is 11.6 Å². The maximum atomic E-state index is 15.3. The number of rotatable bonds is 38. The van der Waals surface area contributed by atoms with Crippen LogP contribution in [0.2, 0.25) is 0 Å². The lowest BCUT2D eigenvalue weighted by Gasteiger charge is -2.10. The summed E-state index contributed by atoms with van der Waals surface area (Å²) in [7, 11) is 0. The lowest BCUT2D eigenvalue weighted by molar-refractivity contribution is -0.131. The minimum absolute atomic E-state index is 0.118. The molecule has 6 aromatic carbocycles. The molecule has 6 aromatic rings. The van der Waals surface area contributed by atoms with Crippen LogP contribution in [0.25, 0.3) is 22.9 Å². The molecule has 0 aliphatic rings. The molecule has 0 radical (unpaired) electrons. The highest BCUT2D eigenvalue weighted by Gasteiger charge is 2.19. The molecule has 6 rings (SSSR count). The molecule has 0 aliphatic heterocycles. The van der Waals surface area contributed by atoms with Gasteiger partial charge >= 0.3 is 23.9 Å². The molecular weight excluding hydrogens is 1060 g/mol. The summed E-state index contributed by atoms with van der Waals surface area (Å²) < 4.78 is 64.2. The van der Waals surface area contributed by atoms with Gasteiger partial charge in [-0.05, 0) is 146 Å². The third-order valence-electron chi connectivity index (χ3n) is 14.6. The number of ether oxygens (including phenoxy) is 6. The Kier molecular flexibility index (Phi) is 28.8. The fourth-order valence-electron chi connectivity index (χ4n) is 9.65.